The zero-order valence-electron chi connectivity index (χ0n) is 19.9. The normalized spacial score (nSPS) is 11.4. The van der Waals surface area contributed by atoms with E-state index < -0.39 is 6.04 Å². The molecule has 2 amide bonds. The molecular weight excluding hydrogens is 444 g/mol. The molecule has 7 heteroatoms. The average Bonchev–Trinajstić information content (AvgIpc) is 2.91. The standard InChI is InChI=1S/C28H32N2O5/c1-34-24-15-13-23(14-16-24)20-30(27(32)21-35-25-11-6-3-7-12-25)26(28(33)29-17-8-18-31)19-22-9-4-2-5-10-22/h2-7,9-16,26,31H,8,17-21H2,1H3,(H,29,33)/t26-/m1/s1. The van der Waals surface area contributed by atoms with E-state index in [0.29, 0.717) is 30.9 Å². The number of nitrogens with zero attached hydrogens (tertiary/aromatic N) is 1. The second-order valence-electron chi connectivity index (χ2n) is 8.05. The van der Waals surface area contributed by atoms with Gasteiger partial charge in [-0.15, -0.1) is 0 Å². The number of carbonyl (C=O) groups is 2. The second-order valence-corrected chi connectivity index (χ2v) is 8.05. The van der Waals surface area contributed by atoms with Gasteiger partial charge in [0, 0.05) is 26.1 Å². The van der Waals surface area contributed by atoms with Gasteiger partial charge in [-0.25, -0.2) is 0 Å². The van der Waals surface area contributed by atoms with E-state index in [1.54, 1.807) is 24.1 Å². The van der Waals surface area contributed by atoms with E-state index in [-0.39, 0.29) is 31.6 Å². The fraction of sp³-hybridized carbons (Fsp3) is 0.286. The van der Waals surface area contributed by atoms with Gasteiger partial charge in [0.15, 0.2) is 6.61 Å². The van der Waals surface area contributed by atoms with Gasteiger partial charge >= 0.3 is 0 Å². The summed E-state index contributed by atoms with van der Waals surface area (Å²) < 4.78 is 11.0. The molecule has 2 N–H and O–H groups in total. The summed E-state index contributed by atoms with van der Waals surface area (Å²) in [6.45, 7) is 0.329. The topological polar surface area (TPSA) is 88.1 Å². The number of hydrogen-bond donors (Lipinski definition) is 2. The number of methoxy groups -OCH3 is 1. The molecule has 0 saturated heterocycles. The lowest BCUT2D eigenvalue weighted by molar-refractivity contribution is -0.142. The Morgan fingerprint density at radius 3 is 2.17 bits per heavy atom. The van der Waals surface area contributed by atoms with Crippen LogP contribution in [0.4, 0.5) is 0 Å². The van der Waals surface area contributed by atoms with Gasteiger partial charge in [-0.1, -0.05) is 60.7 Å². The van der Waals surface area contributed by atoms with Crippen LogP contribution < -0.4 is 14.8 Å². The largest absolute Gasteiger partial charge is 0.497 e. The number of aliphatic hydroxyl groups is 1. The number of nitrogens with one attached hydrogen (secondary N) is 1. The Morgan fingerprint density at radius 1 is 0.886 bits per heavy atom. The molecule has 0 radical (unpaired) electrons. The van der Waals surface area contributed by atoms with E-state index in [9.17, 15) is 9.59 Å². The zero-order chi connectivity index (χ0) is 24.9. The van der Waals surface area contributed by atoms with E-state index in [1.165, 1.54) is 0 Å². The smallest absolute Gasteiger partial charge is 0.261 e. The third kappa shape index (κ3) is 8.15. The Kier molecular flexibility index (Phi) is 10.1. The highest BCUT2D eigenvalue weighted by atomic mass is 16.5. The van der Waals surface area contributed by atoms with Crippen LogP contribution in [0.2, 0.25) is 0 Å². The first kappa shape index (κ1) is 25.8. The SMILES string of the molecule is COc1ccc(CN(C(=O)COc2ccccc2)[C@H](Cc2ccccc2)C(=O)NCCCO)cc1. The van der Waals surface area contributed by atoms with Crippen molar-refractivity contribution in [3.05, 3.63) is 96.1 Å². The van der Waals surface area contributed by atoms with Crippen molar-refractivity contribution in [3.8, 4) is 11.5 Å². The van der Waals surface area contributed by atoms with Crippen LogP contribution in [-0.2, 0) is 22.6 Å². The van der Waals surface area contributed by atoms with Crippen molar-refractivity contribution in [1.82, 2.24) is 10.2 Å². The van der Waals surface area contributed by atoms with Gasteiger partial charge in [0.1, 0.15) is 17.5 Å². The van der Waals surface area contributed by atoms with Crippen molar-refractivity contribution in [2.45, 2.75) is 25.4 Å². The third-order valence-electron chi connectivity index (χ3n) is 5.52. The molecule has 0 aromatic heterocycles. The molecule has 3 aromatic carbocycles. The molecule has 0 unspecified atom stereocenters. The molecule has 1 atom stereocenters. The number of ether oxygens (including phenoxy) is 2. The van der Waals surface area contributed by atoms with Gasteiger partial charge in [-0.2, -0.15) is 0 Å². The summed E-state index contributed by atoms with van der Waals surface area (Å²) in [5.74, 6) is 0.714. The van der Waals surface area contributed by atoms with E-state index in [0.717, 1.165) is 11.1 Å². The molecule has 0 saturated carbocycles. The maximum Gasteiger partial charge on any atom is 0.261 e. The molecule has 0 aliphatic carbocycles. The highest BCUT2D eigenvalue weighted by Gasteiger charge is 2.30. The monoisotopic (exact) mass is 476 g/mol. The number of carbonyl (C=O) groups excluding carboxylic acids is 2. The predicted molar refractivity (Wildman–Crippen MR) is 134 cm³/mol. The van der Waals surface area contributed by atoms with E-state index in [1.807, 2.05) is 72.8 Å². The van der Waals surface area contributed by atoms with Crippen LogP contribution in [-0.4, -0.2) is 54.7 Å². The fourth-order valence-corrected chi connectivity index (χ4v) is 3.63. The summed E-state index contributed by atoms with van der Waals surface area (Å²) in [5, 5.41) is 12.0. The summed E-state index contributed by atoms with van der Waals surface area (Å²) in [7, 11) is 1.60. The first-order chi connectivity index (χ1) is 17.1. The minimum Gasteiger partial charge on any atom is -0.497 e. The van der Waals surface area contributed by atoms with Crippen molar-refractivity contribution < 1.29 is 24.2 Å². The maximum absolute atomic E-state index is 13.5. The molecule has 0 heterocycles. The molecule has 35 heavy (non-hydrogen) atoms. The van der Waals surface area contributed by atoms with Crippen LogP contribution in [0, 0.1) is 0 Å². The lowest BCUT2D eigenvalue weighted by atomic mass is 10.0. The van der Waals surface area contributed by atoms with Gasteiger partial charge in [0.05, 0.1) is 7.11 Å². The summed E-state index contributed by atoms with van der Waals surface area (Å²) in [5.41, 5.74) is 1.80. The van der Waals surface area contributed by atoms with Crippen molar-refractivity contribution in [2.75, 3.05) is 26.9 Å². The van der Waals surface area contributed by atoms with Gasteiger partial charge in [0.2, 0.25) is 5.91 Å². The van der Waals surface area contributed by atoms with Crippen molar-refractivity contribution in [2.24, 2.45) is 0 Å². The lowest BCUT2D eigenvalue weighted by Gasteiger charge is -2.31. The molecule has 3 rings (SSSR count). The van der Waals surface area contributed by atoms with Crippen molar-refractivity contribution in [1.29, 1.82) is 0 Å². The quantitative estimate of drug-likeness (QED) is 0.370. The Morgan fingerprint density at radius 2 is 1.54 bits per heavy atom. The molecule has 0 aliphatic heterocycles. The minimum absolute atomic E-state index is 0.0248. The summed E-state index contributed by atoms with van der Waals surface area (Å²) in [6.07, 6.45) is 0.784. The van der Waals surface area contributed by atoms with Gasteiger partial charge < -0.3 is 24.8 Å². The van der Waals surface area contributed by atoms with E-state index >= 15 is 0 Å². The fourth-order valence-electron chi connectivity index (χ4n) is 3.63. The van der Waals surface area contributed by atoms with Crippen molar-refractivity contribution >= 4 is 11.8 Å². The molecule has 184 valence electrons. The highest BCUT2D eigenvalue weighted by molar-refractivity contribution is 5.88. The molecular formula is C28H32N2O5. The molecule has 7 nitrogen and oxygen atoms in total. The van der Waals surface area contributed by atoms with Gasteiger partial charge in [-0.3, -0.25) is 9.59 Å². The molecule has 0 bridgehead atoms. The average molecular weight is 477 g/mol. The first-order valence-electron chi connectivity index (χ1n) is 11.6. The Hall–Kier alpha value is -3.84. The minimum atomic E-state index is -0.759. The summed E-state index contributed by atoms with van der Waals surface area (Å²) in [4.78, 5) is 28.3. The van der Waals surface area contributed by atoms with Gasteiger partial charge in [-0.05, 0) is 41.8 Å². The molecule has 0 aliphatic rings. The second kappa shape index (κ2) is 13.8. The maximum atomic E-state index is 13.5. The highest BCUT2D eigenvalue weighted by Crippen LogP contribution is 2.18. The Labute approximate surface area is 206 Å². The molecule has 3 aromatic rings. The predicted octanol–water partition coefficient (Wildman–Crippen LogP) is 3.21. The number of aliphatic hydroxyl groups excluding tert-OH is 1. The zero-order valence-corrected chi connectivity index (χ0v) is 19.9. The Bertz CT molecular complexity index is 1040. The van der Waals surface area contributed by atoms with E-state index in [4.69, 9.17) is 14.6 Å². The first-order valence-corrected chi connectivity index (χ1v) is 11.6. The van der Waals surface area contributed by atoms with Crippen molar-refractivity contribution in [3.63, 3.8) is 0 Å². The van der Waals surface area contributed by atoms with Crippen LogP contribution in [0.1, 0.15) is 17.5 Å². The van der Waals surface area contributed by atoms with Crippen LogP contribution in [0.5, 0.6) is 11.5 Å². The van der Waals surface area contributed by atoms with Crippen LogP contribution >= 0.6 is 0 Å². The number of para-hydroxylation sites is 1. The lowest BCUT2D eigenvalue weighted by Crippen LogP contribution is -2.51. The molecule has 0 fully saturated rings. The van der Waals surface area contributed by atoms with Gasteiger partial charge in [0.25, 0.3) is 5.91 Å². The number of rotatable bonds is 13. The summed E-state index contributed by atoms with van der Waals surface area (Å²) >= 11 is 0. The number of amides is 2. The van der Waals surface area contributed by atoms with Crippen LogP contribution in [0.25, 0.3) is 0 Å². The van der Waals surface area contributed by atoms with E-state index in [2.05, 4.69) is 5.32 Å². The molecule has 0 spiro atoms. The summed E-state index contributed by atoms with van der Waals surface area (Å²) in [6, 6.07) is 25.3. The Balaban J connectivity index is 1.87. The van der Waals surface area contributed by atoms with Crippen LogP contribution in [0.15, 0.2) is 84.9 Å². The van der Waals surface area contributed by atoms with Crippen LogP contribution in [0.3, 0.4) is 0 Å². The third-order valence-corrected chi connectivity index (χ3v) is 5.52. The number of benzene rings is 3. The number of hydrogen-bond acceptors (Lipinski definition) is 5.